The van der Waals surface area contributed by atoms with Crippen LogP contribution in [-0.2, 0) is 9.53 Å². The molecule has 1 aromatic carbocycles. The maximum absolute atomic E-state index is 11.0. The van der Waals surface area contributed by atoms with Gasteiger partial charge < -0.3 is 25.2 Å². The number of ether oxygens (including phenoxy) is 1. The van der Waals surface area contributed by atoms with Crippen LogP contribution in [0.2, 0.25) is 0 Å². The highest BCUT2D eigenvalue weighted by atomic mass is 16.6. The molecule has 0 radical (unpaired) electrons. The van der Waals surface area contributed by atoms with E-state index in [9.17, 15) is 25.2 Å². The van der Waals surface area contributed by atoms with Crippen molar-refractivity contribution in [2.75, 3.05) is 0 Å². The first kappa shape index (κ1) is 14.0. The summed E-state index contributed by atoms with van der Waals surface area (Å²) in [6.07, 6.45) is -7.08. The molecule has 19 heavy (non-hydrogen) atoms. The average molecular weight is 268 g/mol. The Labute approximate surface area is 109 Å². The number of hydrogen-bond acceptors (Lipinski definition) is 6. The molecule has 2 rings (SSSR count). The van der Waals surface area contributed by atoms with Crippen molar-refractivity contribution in [2.45, 2.75) is 36.9 Å². The largest absolute Gasteiger partial charge is 0.457 e. The lowest BCUT2D eigenvalue weighted by Gasteiger charge is -2.27. The summed E-state index contributed by atoms with van der Waals surface area (Å²) in [5, 5.41) is 39.3. The number of aliphatic hydroxyl groups is 4. The van der Waals surface area contributed by atoms with Gasteiger partial charge in [0.2, 0.25) is 0 Å². The second-order valence-electron chi connectivity index (χ2n) is 4.56. The minimum Gasteiger partial charge on any atom is -0.457 e. The van der Waals surface area contributed by atoms with Gasteiger partial charge in [0.05, 0.1) is 6.42 Å². The summed E-state index contributed by atoms with van der Waals surface area (Å²) in [5.41, 5.74) is 0.424. The molecule has 0 spiro atoms. The topological polar surface area (TPSA) is 107 Å². The molecular weight excluding hydrogens is 252 g/mol. The summed E-state index contributed by atoms with van der Waals surface area (Å²) < 4.78 is 4.73. The van der Waals surface area contributed by atoms with E-state index in [1.165, 1.54) is 0 Å². The highest BCUT2D eigenvalue weighted by Crippen LogP contribution is 2.25. The summed E-state index contributed by atoms with van der Waals surface area (Å²) in [4.78, 5) is 11.0. The van der Waals surface area contributed by atoms with Crippen LogP contribution in [0.15, 0.2) is 30.3 Å². The first-order valence-corrected chi connectivity index (χ1v) is 5.97. The van der Waals surface area contributed by atoms with E-state index >= 15 is 0 Å². The quantitative estimate of drug-likeness (QED) is 0.528. The number of rotatable bonds is 4. The summed E-state index contributed by atoms with van der Waals surface area (Å²) in [6, 6.07) is 8.31. The lowest BCUT2D eigenvalue weighted by Crippen LogP contribution is -2.45. The second kappa shape index (κ2) is 5.66. The van der Waals surface area contributed by atoms with Gasteiger partial charge in [-0.1, -0.05) is 30.3 Å². The smallest absolute Gasteiger partial charge is 0.309 e. The van der Waals surface area contributed by atoms with Crippen LogP contribution < -0.4 is 0 Å². The number of cyclic esters (lactones) is 1. The van der Waals surface area contributed by atoms with Crippen molar-refractivity contribution in [2.24, 2.45) is 0 Å². The molecule has 1 aliphatic heterocycles. The van der Waals surface area contributed by atoms with E-state index in [0.29, 0.717) is 5.56 Å². The van der Waals surface area contributed by atoms with Crippen LogP contribution in [0.5, 0.6) is 0 Å². The van der Waals surface area contributed by atoms with Crippen LogP contribution in [0.1, 0.15) is 18.1 Å². The van der Waals surface area contributed by atoms with Crippen LogP contribution in [0.4, 0.5) is 0 Å². The summed E-state index contributed by atoms with van der Waals surface area (Å²) in [6.45, 7) is 0. The van der Waals surface area contributed by atoms with E-state index < -0.39 is 36.5 Å². The molecule has 1 aliphatic rings. The predicted octanol–water partition coefficient (Wildman–Crippen LogP) is -0.882. The first-order valence-electron chi connectivity index (χ1n) is 5.97. The van der Waals surface area contributed by atoms with Gasteiger partial charge in [0.25, 0.3) is 0 Å². The molecule has 4 N–H and O–H groups in total. The van der Waals surface area contributed by atoms with Gasteiger partial charge in [-0.3, -0.25) is 4.79 Å². The summed E-state index contributed by atoms with van der Waals surface area (Å²) in [7, 11) is 0. The van der Waals surface area contributed by atoms with E-state index in [1.807, 2.05) is 0 Å². The number of benzene rings is 1. The Morgan fingerprint density at radius 3 is 2.32 bits per heavy atom. The van der Waals surface area contributed by atoms with Gasteiger partial charge in [0.1, 0.15) is 24.4 Å². The van der Waals surface area contributed by atoms with Gasteiger partial charge in [0.15, 0.2) is 6.10 Å². The average Bonchev–Trinajstić information content (AvgIpc) is 2.76. The van der Waals surface area contributed by atoms with Crippen LogP contribution in [-0.4, -0.2) is 50.8 Å². The molecule has 5 atom stereocenters. The zero-order chi connectivity index (χ0) is 14.0. The minimum absolute atomic E-state index is 0.226. The van der Waals surface area contributed by atoms with E-state index in [4.69, 9.17) is 4.74 Å². The molecule has 1 saturated heterocycles. The molecule has 0 saturated carbocycles. The van der Waals surface area contributed by atoms with Crippen molar-refractivity contribution in [1.29, 1.82) is 0 Å². The number of aliphatic hydroxyl groups excluding tert-OH is 4. The number of esters is 1. The van der Waals surface area contributed by atoms with Gasteiger partial charge >= 0.3 is 5.97 Å². The van der Waals surface area contributed by atoms with Crippen molar-refractivity contribution in [1.82, 2.24) is 0 Å². The number of carbonyl (C=O) groups is 1. The van der Waals surface area contributed by atoms with Gasteiger partial charge in [-0.2, -0.15) is 0 Å². The Morgan fingerprint density at radius 1 is 1.16 bits per heavy atom. The summed E-state index contributed by atoms with van der Waals surface area (Å²) in [5.74, 6) is -0.641. The van der Waals surface area contributed by atoms with Gasteiger partial charge in [-0.25, -0.2) is 0 Å². The first-order chi connectivity index (χ1) is 9.00. The SMILES string of the molecule is O=C1CC(O)C(C(O)C(O)C(O)c2ccccc2)O1. The van der Waals surface area contributed by atoms with Crippen molar-refractivity contribution in [3.63, 3.8) is 0 Å². The Balaban J connectivity index is 2.07. The van der Waals surface area contributed by atoms with Gasteiger partial charge in [-0.15, -0.1) is 0 Å². The number of hydrogen-bond donors (Lipinski definition) is 4. The fourth-order valence-electron chi connectivity index (χ4n) is 2.09. The third-order valence-electron chi connectivity index (χ3n) is 3.17. The molecule has 6 heteroatoms. The fourth-order valence-corrected chi connectivity index (χ4v) is 2.09. The molecular formula is C13H16O6. The zero-order valence-electron chi connectivity index (χ0n) is 10.1. The van der Waals surface area contributed by atoms with Crippen LogP contribution in [0, 0.1) is 0 Å². The molecule has 5 unspecified atom stereocenters. The van der Waals surface area contributed by atoms with Crippen LogP contribution >= 0.6 is 0 Å². The fraction of sp³-hybridized carbons (Fsp3) is 0.462. The molecule has 6 nitrogen and oxygen atoms in total. The van der Waals surface area contributed by atoms with E-state index in [1.54, 1.807) is 30.3 Å². The summed E-state index contributed by atoms with van der Waals surface area (Å²) >= 11 is 0. The third-order valence-corrected chi connectivity index (χ3v) is 3.17. The van der Waals surface area contributed by atoms with E-state index in [-0.39, 0.29) is 6.42 Å². The maximum atomic E-state index is 11.0. The molecule has 1 heterocycles. The molecule has 104 valence electrons. The Bertz CT molecular complexity index is 434. The van der Waals surface area contributed by atoms with Crippen molar-refractivity contribution in [3.05, 3.63) is 35.9 Å². The molecule has 0 amide bonds. The van der Waals surface area contributed by atoms with Gasteiger partial charge in [-0.05, 0) is 5.56 Å². The molecule has 0 aliphatic carbocycles. The minimum atomic E-state index is -1.56. The Kier molecular flexibility index (Phi) is 4.16. The lowest BCUT2D eigenvalue weighted by atomic mass is 9.95. The van der Waals surface area contributed by atoms with Crippen molar-refractivity contribution < 1.29 is 30.0 Å². The van der Waals surface area contributed by atoms with Crippen LogP contribution in [0.3, 0.4) is 0 Å². The van der Waals surface area contributed by atoms with Crippen LogP contribution in [0.25, 0.3) is 0 Å². The number of carbonyl (C=O) groups excluding carboxylic acids is 1. The van der Waals surface area contributed by atoms with Crippen molar-refractivity contribution >= 4 is 5.97 Å². The van der Waals surface area contributed by atoms with Crippen molar-refractivity contribution in [3.8, 4) is 0 Å². The maximum Gasteiger partial charge on any atom is 0.309 e. The normalized spacial score (nSPS) is 27.7. The van der Waals surface area contributed by atoms with E-state index in [2.05, 4.69) is 0 Å². The lowest BCUT2D eigenvalue weighted by molar-refractivity contribution is -0.157. The molecule has 1 aromatic rings. The molecule has 0 bridgehead atoms. The highest BCUT2D eigenvalue weighted by molar-refractivity contribution is 5.72. The monoisotopic (exact) mass is 268 g/mol. The molecule has 0 aromatic heterocycles. The Morgan fingerprint density at radius 2 is 1.79 bits per heavy atom. The zero-order valence-corrected chi connectivity index (χ0v) is 10.1. The highest BCUT2D eigenvalue weighted by Gasteiger charge is 2.43. The van der Waals surface area contributed by atoms with E-state index in [0.717, 1.165) is 0 Å². The second-order valence-corrected chi connectivity index (χ2v) is 4.56. The Hall–Kier alpha value is -1.47. The predicted molar refractivity (Wildman–Crippen MR) is 63.9 cm³/mol. The standard InChI is InChI=1S/C13H16O6/c14-8-6-9(15)19-13(8)12(18)11(17)10(16)7-4-2-1-3-5-7/h1-5,8,10-14,16-18H,6H2. The third kappa shape index (κ3) is 2.93. The molecule has 1 fully saturated rings. The van der Waals surface area contributed by atoms with Gasteiger partial charge in [0, 0.05) is 0 Å².